The summed E-state index contributed by atoms with van der Waals surface area (Å²) in [5.41, 5.74) is 1.31. The maximum atomic E-state index is 11.1. The number of aliphatic hydroxyl groups is 1. The lowest BCUT2D eigenvalue weighted by molar-refractivity contribution is 0.0594. The van der Waals surface area contributed by atoms with Crippen LogP contribution in [0.15, 0.2) is 18.3 Å². The van der Waals surface area contributed by atoms with Gasteiger partial charge in [-0.3, -0.25) is 0 Å². The van der Waals surface area contributed by atoms with Gasteiger partial charge in [-0.1, -0.05) is 6.07 Å². The highest BCUT2D eigenvalue weighted by atomic mass is 16.5. The van der Waals surface area contributed by atoms with Gasteiger partial charge in [-0.2, -0.15) is 0 Å². The van der Waals surface area contributed by atoms with Crippen molar-refractivity contribution >= 4 is 5.97 Å². The minimum atomic E-state index is -0.433. The second-order valence-corrected chi connectivity index (χ2v) is 3.43. The summed E-state index contributed by atoms with van der Waals surface area (Å²) >= 11 is 0. The number of carbonyl (C=O) groups is 1. The van der Waals surface area contributed by atoms with Crippen LogP contribution in [0.4, 0.5) is 0 Å². The molecule has 1 atom stereocenters. The number of esters is 1. The Morgan fingerprint density at radius 1 is 1.60 bits per heavy atom. The van der Waals surface area contributed by atoms with Crippen LogP contribution >= 0.6 is 0 Å². The monoisotopic (exact) mass is 209 g/mol. The van der Waals surface area contributed by atoms with E-state index in [4.69, 9.17) is 5.11 Å². The Labute approximate surface area is 88.9 Å². The van der Waals surface area contributed by atoms with E-state index in [-0.39, 0.29) is 6.10 Å². The Morgan fingerprint density at radius 2 is 2.33 bits per heavy atom. The summed E-state index contributed by atoms with van der Waals surface area (Å²) in [7, 11) is 1.32. The number of pyridine rings is 1. The number of nitrogens with zero attached hydrogens (tertiary/aromatic N) is 1. The van der Waals surface area contributed by atoms with Crippen molar-refractivity contribution in [1.82, 2.24) is 4.98 Å². The molecule has 82 valence electrons. The Hall–Kier alpha value is -1.42. The summed E-state index contributed by atoms with van der Waals surface area (Å²) in [4.78, 5) is 15.0. The second-order valence-electron chi connectivity index (χ2n) is 3.43. The molecule has 0 aliphatic carbocycles. The zero-order chi connectivity index (χ0) is 11.3. The first-order chi connectivity index (χ1) is 7.13. The second kappa shape index (κ2) is 5.46. The molecule has 1 rings (SSSR count). The molecule has 0 amide bonds. The Bertz CT molecular complexity index is 319. The van der Waals surface area contributed by atoms with E-state index in [0.29, 0.717) is 12.1 Å². The van der Waals surface area contributed by atoms with Crippen LogP contribution < -0.4 is 0 Å². The number of carbonyl (C=O) groups excluding carboxylic acids is 1. The van der Waals surface area contributed by atoms with Gasteiger partial charge in [-0.15, -0.1) is 0 Å². The van der Waals surface area contributed by atoms with E-state index < -0.39 is 5.97 Å². The molecule has 1 aromatic rings. The van der Waals surface area contributed by atoms with Crippen LogP contribution in [0.3, 0.4) is 0 Å². The molecule has 4 heteroatoms. The van der Waals surface area contributed by atoms with E-state index in [9.17, 15) is 4.79 Å². The van der Waals surface area contributed by atoms with Gasteiger partial charge in [0.15, 0.2) is 0 Å². The molecule has 0 saturated carbocycles. The van der Waals surface area contributed by atoms with E-state index in [1.807, 2.05) is 6.07 Å². The molecule has 0 aliphatic rings. The summed E-state index contributed by atoms with van der Waals surface area (Å²) in [5.74, 6) is -0.433. The van der Waals surface area contributed by atoms with Gasteiger partial charge in [0, 0.05) is 6.20 Å². The number of ether oxygens (including phenoxy) is 1. The molecule has 15 heavy (non-hydrogen) atoms. The Balaban J connectivity index is 2.60. The number of rotatable bonds is 4. The lowest BCUT2D eigenvalue weighted by Gasteiger charge is -2.04. The number of aliphatic hydroxyl groups excluding tert-OH is 1. The molecule has 1 heterocycles. The van der Waals surface area contributed by atoms with Crippen LogP contribution in [0.1, 0.15) is 29.4 Å². The Morgan fingerprint density at radius 3 is 2.80 bits per heavy atom. The molecular weight excluding hydrogens is 194 g/mol. The van der Waals surface area contributed by atoms with Crippen molar-refractivity contribution in [2.75, 3.05) is 7.11 Å². The molecule has 0 unspecified atom stereocenters. The molecule has 1 N–H and O–H groups in total. The van der Waals surface area contributed by atoms with Gasteiger partial charge in [-0.25, -0.2) is 9.78 Å². The summed E-state index contributed by atoms with van der Waals surface area (Å²) in [5, 5.41) is 9.10. The van der Waals surface area contributed by atoms with Crippen molar-refractivity contribution in [2.45, 2.75) is 25.9 Å². The quantitative estimate of drug-likeness (QED) is 0.756. The first-order valence-electron chi connectivity index (χ1n) is 4.85. The maximum Gasteiger partial charge on any atom is 0.356 e. The highest BCUT2D eigenvalue weighted by molar-refractivity contribution is 5.86. The molecule has 0 saturated heterocycles. The molecule has 0 radical (unpaired) electrons. The summed E-state index contributed by atoms with van der Waals surface area (Å²) in [6.07, 6.45) is 2.77. The number of hydrogen-bond acceptors (Lipinski definition) is 4. The van der Waals surface area contributed by atoms with Crippen LogP contribution in [0.5, 0.6) is 0 Å². The van der Waals surface area contributed by atoms with Gasteiger partial charge in [-0.05, 0) is 31.4 Å². The number of methoxy groups -OCH3 is 1. The normalized spacial score (nSPS) is 12.2. The van der Waals surface area contributed by atoms with Crippen molar-refractivity contribution < 1.29 is 14.6 Å². The van der Waals surface area contributed by atoms with Crippen molar-refractivity contribution in [1.29, 1.82) is 0 Å². The maximum absolute atomic E-state index is 11.1. The zero-order valence-electron chi connectivity index (χ0n) is 8.93. The van der Waals surface area contributed by atoms with E-state index in [0.717, 1.165) is 12.0 Å². The predicted molar refractivity (Wildman–Crippen MR) is 55.6 cm³/mol. The average Bonchev–Trinajstić information content (AvgIpc) is 2.26. The zero-order valence-corrected chi connectivity index (χ0v) is 8.93. The fourth-order valence-corrected chi connectivity index (χ4v) is 1.17. The SMILES string of the molecule is COC(=O)c1ccc(CC[C@H](C)O)cn1. The fourth-order valence-electron chi connectivity index (χ4n) is 1.17. The van der Waals surface area contributed by atoms with E-state index >= 15 is 0 Å². The summed E-state index contributed by atoms with van der Waals surface area (Å²) in [6, 6.07) is 3.45. The highest BCUT2D eigenvalue weighted by Gasteiger charge is 2.06. The van der Waals surface area contributed by atoms with Crippen LogP contribution in [-0.2, 0) is 11.2 Å². The van der Waals surface area contributed by atoms with Gasteiger partial charge in [0.1, 0.15) is 5.69 Å². The molecule has 1 aromatic heterocycles. The standard InChI is InChI=1S/C11H15NO3/c1-8(13)3-4-9-5-6-10(12-7-9)11(14)15-2/h5-8,13H,3-4H2,1-2H3/t8-/m0/s1. The van der Waals surface area contributed by atoms with Crippen LogP contribution in [-0.4, -0.2) is 29.3 Å². The number of aromatic nitrogens is 1. The molecule has 0 aromatic carbocycles. The molecule has 0 spiro atoms. The third-order valence-corrected chi connectivity index (χ3v) is 2.07. The Kier molecular flexibility index (Phi) is 4.24. The molecule has 0 bridgehead atoms. The van der Waals surface area contributed by atoms with Crippen molar-refractivity contribution in [3.8, 4) is 0 Å². The third-order valence-electron chi connectivity index (χ3n) is 2.07. The predicted octanol–water partition coefficient (Wildman–Crippen LogP) is 1.18. The first kappa shape index (κ1) is 11.7. The van der Waals surface area contributed by atoms with Gasteiger partial charge in [0.2, 0.25) is 0 Å². The van der Waals surface area contributed by atoms with Crippen LogP contribution in [0.2, 0.25) is 0 Å². The minimum Gasteiger partial charge on any atom is -0.464 e. The van der Waals surface area contributed by atoms with E-state index in [1.165, 1.54) is 7.11 Å². The van der Waals surface area contributed by atoms with Crippen molar-refractivity contribution in [2.24, 2.45) is 0 Å². The van der Waals surface area contributed by atoms with Gasteiger partial charge in [0.25, 0.3) is 0 Å². The van der Waals surface area contributed by atoms with Gasteiger partial charge >= 0.3 is 5.97 Å². The largest absolute Gasteiger partial charge is 0.464 e. The minimum absolute atomic E-state index is 0.304. The smallest absolute Gasteiger partial charge is 0.356 e. The van der Waals surface area contributed by atoms with Crippen molar-refractivity contribution in [3.05, 3.63) is 29.6 Å². The van der Waals surface area contributed by atoms with Crippen molar-refractivity contribution in [3.63, 3.8) is 0 Å². The van der Waals surface area contributed by atoms with Gasteiger partial charge < -0.3 is 9.84 Å². The lowest BCUT2D eigenvalue weighted by Crippen LogP contribution is -2.05. The molecule has 0 aliphatic heterocycles. The number of aryl methyl sites for hydroxylation is 1. The highest BCUT2D eigenvalue weighted by Crippen LogP contribution is 2.06. The average molecular weight is 209 g/mol. The molecule has 4 nitrogen and oxygen atoms in total. The molecular formula is C11H15NO3. The first-order valence-corrected chi connectivity index (χ1v) is 4.85. The summed E-state index contributed by atoms with van der Waals surface area (Å²) < 4.78 is 4.53. The van der Waals surface area contributed by atoms with Crippen LogP contribution in [0.25, 0.3) is 0 Å². The fraction of sp³-hybridized carbons (Fsp3) is 0.455. The van der Waals surface area contributed by atoms with E-state index in [2.05, 4.69) is 9.72 Å². The summed E-state index contributed by atoms with van der Waals surface area (Å²) in [6.45, 7) is 1.75. The topological polar surface area (TPSA) is 59.4 Å². The molecule has 0 fully saturated rings. The van der Waals surface area contributed by atoms with E-state index in [1.54, 1.807) is 19.2 Å². The van der Waals surface area contributed by atoms with Gasteiger partial charge in [0.05, 0.1) is 13.2 Å². The third kappa shape index (κ3) is 3.67. The van der Waals surface area contributed by atoms with Crippen LogP contribution in [0, 0.1) is 0 Å². The lowest BCUT2D eigenvalue weighted by atomic mass is 10.1. The number of hydrogen-bond donors (Lipinski definition) is 1.